The Morgan fingerprint density at radius 1 is 1.54 bits per heavy atom. The van der Waals surface area contributed by atoms with Crippen LogP contribution in [0.25, 0.3) is 0 Å². The first-order valence-electron chi connectivity index (χ1n) is 4.03. The third-order valence-corrected chi connectivity index (χ3v) is 1.92. The summed E-state index contributed by atoms with van der Waals surface area (Å²) in [5.41, 5.74) is -0.210. The molecule has 0 radical (unpaired) electrons. The average Bonchev–Trinajstić information content (AvgIpc) is 2.28. The van der Waals surface area contributed by atoms with E-state index < -0.39 is 5.03 Å². The topological polar surface area (TPSA) is 62.0 Å². The Morgan fingerprint density at radius 2 is 2.08 bits per heavy atom. The highest BCUT2D eigenvalue weighted by Gasteiger charge is 2.42. The van der Waals surface area contributed by atoms with Gasteiger partial charge in [0.05, 0.1) is 0 Å². The molecule has 1 aliphatic rings. The van der Waals surface area contributed by atoms with Crippen LogP contribution >= 0.6 is 0 Å². The highest BCUT2D eigenvalue weighted by Crippen LogP contribution is 2.28. The maximum absolute atomic E-state index is 10.6. The largest absolute Gasteiger partial charge is 0.269 e. The average molecular weight is 186 g/mol. The van der Waals surface area contributed by atoms with Gasteiger partial charge in [0.2, 0.25) is 0 Å². The summed E-state index contributed by atoms with van der Waals surface area (Å²) < 4.78 is 0. The van der Waals surface area contributed by atoms with Crippen molar-refractivity contribution in [2.24, 2.45) is 10.5 Å². The Balaban J connectivity index is 2.88. The predicted octanol–water partition coefficient (Wildman–Crippen LogP) is 0.741. The first-order valence-corrected chi connectivity index (χ1v) is 4.03. The zero-order valence-electron chi connectivity index (χ0n) is 8.26. The molecule has 0 aromatic rings. The number of hydrazone groups is 1. The molecular weight excluding hydrogens is 172 g/mol. The number of rotatable bonds is 1. The van der Waals surface area contributed by atoms with Crippen molar-refractivity contribution in [2.75, 3.05) is 7.05 Å². The molecule has 0 aromatic heterocycles. The van der Waals surface area contributed by atoms with Crippen LogP contribution in [-0.2, 0) is 0 Å². The molecule has 0 bridgehead atoms. The van der Waals surface area contributed by atoms with Crippen molar-refractivity contribution in [3.63, 3.8) is 0 Å². The molecule has 0 aromatic carbocycles. The molecule has 1 aliphatic heterocycles. The standard InChI is InChI=1S/C7H14N4O2/c1-7(2,3)6-9(4)8-5-10(6)11(12)13/h5-6H,1-4H3. The lowest BCUT2D eigenvalue weighted by molar-refractivity contribution is -0.641. The van der Waals surface area contributed by atoms with Crippen molar-refractivity contribution in [1.82, 2.24) is 10.0 Å². The molecule has 0 spiro atoms. The Morgan fingerprint density at radius 3 is 2.38 bits per heavy atom. The Hall–Kier alpha value is -1.33. The molecule has 1 atom stereocenters. The smallest absolute Gasteiger partial charge is 0.187 e. The summed E-state index contributed by atoms with van der Waals surface area (Å²) in [5, 5.41) is 16.7. The number of nitro groups is 1. The van der Waals surface area contributed by atoms with Crippen molar-refractivity contribution < 1.29 is 5.03 Å². The van der Waals surface area contributed by atoms with Gasteiger partial charge in [-0.1, -0.05) is 25.8 Å². The Kier molecular flexibility index (Phi) is 2.15. The highest BCUT2D eigenvalue weighted by molar-refractivity contribution is 5.55. The summed E-state index contributed by atoms with van der Waals surface area (Å²) in [7, 11) is 1.73. The van der Waals surface area contributed by atoms with Crippen LogP contribution in [-0.4, -0.2) is 34.6 Å². The SMILES string of the molecule is CN1N=CN([N+](=O)[O-])C1C(C)(C)C. The Bertz CT molecular complexity index is 245. The first kappa shape index (κ1) is 9.76. The molecule has 1 unspecified atom stereocenters. The maximum Gasteiger partial charge on any atom is 0.187 e. The summed E-state index contributed by atoms with van der Waals surface area (Å²) in [6, 6.07) is 0. The second kappa shape index (κ2) is 2.86. The van der Waals surface area contributed by atoms with Crippen LogP contribution < -0.4 is 0 Å². The molecule has 1 heterocycles. The predicted molar refractivity (Wildman–Crippen MR) is 48.3 cm³/mol. The van der Waals surface area contributed by atoms with E-state index in [0.717, 1.165) is 5.01 Å². The molecule has 6 heteroatoms. The molecule has 0 N–H and O–H groups in total. The summed E-state index contributed by atoms with van der Waals surface area (Å²) in [4.78, 5) is 10.6. The van der Waals surface area contributed by atoms with Gasteiger partial charge in [0, 0.05) is 12.5 Å². The quantitative estimate of drug-likeness (QED) is 0.447. The molecule has 0 aliphatic carbocycles. The number of nitrogens with zero attached hydrogens (tertiary/aromatic N) is 4. The molecule has 0 saturated heterocycles. The monoisotopic (exact) mass is 186 g/mol. The molecule has 6 nitrogen and oxygen atoms in total. The zero-order chi connectivity index (χ0) is 10.2. The van der Waals surface area contributed by atoms with Gasteiger partial charge in [0.15, 0.2) is 17.5 Å². The van der Waals surface area contributed by atoms with E-state index in [4.69, 9.17) is 0 Å². The van der Waals surface area contributed by atoms with Gasteiger partial charge in [-0.05, 0) is 0 Å². The van der Waals surface area contributed by atoms with Crippen LogP contribution in [0.5, 0.6) is 0 Å². The van der Waals surface area contributed by atoms with Crippen molar-refractivity contribution in [3.05, 3.63) is 10.1 Å². The molecule has 0 amide bonds. The van der Waals surface area contributed by atoms with Crippen LogP contribution in [0.1, 0.15) is 20.8 Å². The minimum Gasteiger partial charge on any atom is -0.269 e. The van der Waals surface area contributed by atoms with E-state index in [0.29, 0.717) is 0 Å². The fourth-order valence-electron chi connectivity index (χ4n) is 1.52. The van der Waals surface area contributed by atoms with Crippen molar-refractivity contribution in [3.8, 4) is 0 Å². The maximum atomic E-state index is 10.6. The lowest BCUT2D eigenvalue weighted by Gasteiger charge is -2.32. The van der Waals surface area contributed by atoms with E-state index in [1.807, 2.05) is 20.8 Å². The zero-order valence-corrected chi connectivity index (χ0v) is 8.26. The second-order valence-electron chi connectivity index (χ2n) is 4.16. The normalized spacial score (nSPS) is 22.6. The van der Waals surface area contributed by atoms with Gasteiger partial charge >= 0.3 is 0 Å². The van der Waals surface area contributed by atoms with Crippen LogP contribution in [0.3, 0.4) is 0 Å². The van der Waals surface area contributed by atoms with Crippen LogP contribution in [0.2, 0.25) is 0 Å². The minimum absolute atomic E-state index is 0.210. The fourth-order valence-corrected chi connectivity index (χ4v) is 1.52. The highest BCUT2D eigenvalue weighted by atomic mass is 16.7. The number of hydrazine groups is 1. The van der Waals surface area contributed by atoms with Crippen molar-refractivity contribution in [1.29, 1.82) is 0 Å². The van der Waals surface area contributed by atoms with E-state index in [1.54, 1.807) is 12.1 Å². The van der Waals surface area contributed by atoms with E-state index in [-0.39, 0.29) is 11.6 Å². The molecule has 0 fully saturated rings. The number of hydrogen-bond donors (Lipinski definition) is 0. The third-order valence-electron chi connectivity index (χ3n) is 1.92. The van der Waals surface area contributed by atoms with Crippen molar-refractivity contribution >= 4 is 6.34 Å². The van der Waals surface area contributed by atoms with E-state index in [2.05, 4.69) is 5.10 Å². The summed E-state index contributed by atoms with van der Waals surface area (Å²) in [6.45, 7) is 5.83. The molecular formula is C7H14N4O2. The van der Waals surface area contributed by atoms with E-state index >= 15 is 0 Å². The lowest BCUT2D eigenvalue weighted by atomic mass is 9.92. The first-order chi connectivity index (χ1) is 5.84. The lowest BCUT2D eigenvalue weighted by Crippen LogP contribution is -2.49. The van der Waals surface area contributed by atoms with Gasteiger partial charge in [0.25, 0.3) is 0 Å². The summed E-state index contributed by atoms with van der Waals surface area (Å²) in [6.07, 6.45) is 0.929. The molecule has 1 rings (SSSR count). The molecule has 74 valence electrons. The van der Waals surface area contributed by atoms with Crippen LogP contribution in [0.15, 0.2) is 5.10 Å². The van der Waals surface area contributed by atoms with Gasteiger partial charge in [0.1, 0.15) is 0 Å². The van der Waals surface area contributed by atoms with E-state index in [9.17, 15) is 10.1 Å². The van der Waals surface area contributed by atoms with Crippen molar-refractivity contribution in [2.45, 2.75) is 26.9 Å². The number of hydrogen-bond acceptors (Lipinski definition) is 4. The Labute approximate surface area is 76.9 Å². The van der Waals surface area contributed by atoms with Crippen LogP contribution in [0.4, 0.5) is 0 Å². The second-order valence-corrected chi connectivity index (χ2v) is 4.16. The fraction of sp³-hybridized carbons (Fsp3) is 0.857. The molecule has 13 heavy (non-hydrogen) atoms. The minimum atomic E-state index is -0.442. The van der Waals surface area contributed by atoms with Gasteiger partial charge in [-0.15, -0.1) is 0 Å². The van der Waals surface area contributed by atoms with Crippen LogP contribution in [0, 0.1) is 15.5 Å². The summed E-state index contributed by atoms with van der Waals surface area (Å²) >= 11 is 0. The van der Waals surface area contributed by atoms with E-state index in [1.165, 1.54) is 6.34 Å². The van der Waals surface area contributed by atoms with Gasteiger partial charge in [-0.25, -0.2) is 10.1 Å². The van der Waals surface area contributed by atoms with Gasteiger partial charge < -0.3 is 0 Å². The van der Waals surface area contributed by atoms with Gasteiger partial charge in [-0.3, -0.25) is 5.01 Å². The summed E-state index contributed by atoms with van der Waals surface area (Å²) in [5.74, 6) is 0. The third kappa shape index (κ3) is 1.71. The molecule has 0 saturated carbocycles. The van der Waals surface area contributed by atoms with Gasteiger partial charge in [-0.2, -0.15) is 5.10 Å².